The van der Waals surface area contributed by atoms with Gasteiger partial charge in [-0.3, -0.25) is 0 Å². The molecule has 0 saturated carbocycles. The number of nitrogens with one attached hydrogen (secondary N) is 1. The van der Waals surface area contributed by atoms with Gasteiger partial charge in [0.05, 0.1) is 12.6 Å². The summed E-state index contributed by atoms with van der Waals surface area (Å²) in [5.41, 5.74) is 1.88. The predicted molar refractivity (Wildman–Crippen MR) is 86.3 cm³/mol. The summed E-state index contributed by atoms with van der Waals surface area (Å²) in [5, 5.41) is 0. The van der Waals surface area contributed by atoms with Crippen LogP contribution in [0.4, 0.5) is 0 Å². The van der Waals surface area contributed by atoms with Crippen LogP contribution in [0, 0.1) is 10.7 Å². The first-order valence-electron chi connectivity index (χ1n) is 7.57. The van der Waals surface area contributed by atoms with Gasteiger partial charge in [0.1, 0.15) is 0 Å². The Labute approximate surface area is 129 Å². The highest BCUT2D eigenvalue weighted by molar-refractivity contribution is 7.71. The molecule has 1 aliphatic rings. The first-order valence-corrected chi connectivity index (χ1v) is 7.98. The predicted octanol–water partition coefficient (Wildman–Crippen LogP) is 2.83. The van der Waals surface area contributed by atoms with E-state index in [1.54, 1.807) is 7.11 Å². The second-order valence-electron chi connectivity index (χ2n) is 5.64. The highest BCUT2D eigenvalue weighted by Crippen LogP contribution is 2.22. The van der Waals surface area contributed by atoms with E-state index in [0.717, 1.165) is 29.0 Å². The molecule has 3 heterocycles. The zero-order valence-corrected chi connectivity index (χ0v) is 13.4. The monoisotopic (exact) mass is 306 g/mol. The molecule has 0 bridgehead atoms. The lowest BCUT2D eigenvalue weighted by Crippen LogP contribution is -2.34. The number of H-pyrrole nitrogens is 1. The van der Waals surface area contributed by atoms with Crippen molar-refractivity contribution in [3.05, 3.63) is 16.9 Å². The molecular weight excluding hydrogens is 284 g/mol. The molecule has 6 heteroatoms. The van der Waals surface area contributed by atoms with Crippen molar-refractivity contribution in [2.24, 2.45) is 5.92 Å². The van der Waals surface area contributed by atoms with Crippen molar-refractivity contribution >= 4 is 23.4 Å². The van der Waals surface area contributed by atoms with Gasteiger partial charge in [-0.15, -0.1) is 0 Å². The summed E-state index contributed by atoms with van der Waals surface area (Å²) < 4.78 is 8.10. The van der Waals surface area contributed by atoms with E-state index in [-0.39, 0.29) is 0 Å². The third-order valence-corrected chi connectivity index (χ3v) is 4.72. The molecule has 0 atom stereocenters. The Morgan fingerprint density at radius 1 is 1.38 bits per heavy atom. The van der Waals surface area contributed by atoms with Crippen molar-refractivity contribution in [3.8, 4) is 5.88 Å². The number of aromatic amines is 1. The van der Waals surface area contributed by atoms with Crippen LogP contribution in [0.25, 0.3) is 11.2 Å². The van der Waals surface area contributed by atoms with E-state index in [1.807, 2.05) is 12.1 Å². The second-order valence-corrected chi connectivity index (χ2v) is 6.03. The smallest absolute Gasteiger partial charge is 0.215 e. The highest BCUT2D eigenvalue weighted by atomic mass is 32.1. The van der Waals surface area contributed by atoms with Gasteiger partial charge in [-0.25, -0.2) is 0 Å². The Hall–Kier alpha value is -1.40. The fourth-order valence-corrected chi connectivity index (χ4v) is 3.31. The Bertz CT molecular complexity index is 670. The average molecular weight is 306 g/mol. The maximum absolute atomic E-state index is 5.46. The van der Waals surface area contributed by atoms with Crippen molar-refractivity contribution < 1.29 is 4.74 Å². The lowest BCUT2D eigenvalue weighted by atomic mass is 9.97. The van der Waals surface area contributed by atoms with Crippen LogP contribution < -0.4 is 4.74 Å². The van der Waals surface area contributed by atoms with E-state index in [0.29, 0.717) is 11.8 Å². The van der Waals surface area contributed by atoms with E-state index in [2.05, 4.69) is 26.4 Å². The Morgan fingerprint density at radius 3 is 2.81 bits per heavy atom. The van der Waals surface area contributed by atoms with Gasteiger partial charge in [-0.2, -0.15) is 4.98 Å². The van der Waals surface area contributed by atoms with Crippen molar-refractivity contribution in [3.63, 3.8) is 0 Å². The minimum absolute atomic E-state index is 0.631. The van der Waals surface area contributed by atoms with Crippen LogP contribution in [0.1, 0.15) is 19.8 Å². The van der Waals surface area contributed by atoms with Crippen LogP contribution in [0.3, 0.4) is 0 Å². The normalized spacial score (nSPS) is 17.4. The van der Waals surface area contributed by atoms with E-state index in [1.165, 1.54) is 25.9 Å². The van der Waals surface area contributed by atoms with Gasteiger partial charge in [0.25, 0.3) is 0 Å². The minimum Gasteiger partial charge on any atom is -0.481 e. The number of aromatic nitrogens is 3. The summed E-state index contributed by atoms with van der Waals surface area (Å²) in [7, 11) is 1.64. The molecule has 3 rings (SSSR count). The molecule has 0 unspecified atom stereocenters. The largest absolute Gasteiger partial charge is 0.481 e. The minimum atomic E-state index is 0.631. The molecular formula is C15H22N4OS. The van der Waals surface area contributed by atoms with Gasteiger partial charge < -0.3 is 19.2 Å². The van der Waals surface area contributed by atoms with Crippen molar-refractivity contribution in [1.29, 1.82) is 0 Å². The lowest BCUT2D eigenvalue weighted by Gasteiger charge is -2.31. The van der Waals surface area contributed by atoms with E-state index in [9.17, 15) is 0 Å². The quantitative estimate of drug-likeness (QED) is 0.882. The summed E-state index contributed by atoms with van der Waals surface area (Å²) in [5.74, 6) is 1.30. The fourth-order valence-electron chi connectivity index (χ4n) is 3.04. The number of methoxy groups -OCH3 is 1. The maximum Gasteiger partial charge on any atom is 0.215 e. The summed E-state index contributed by atoms with van der Waals surface area (Å²) in [6, 6.07) is 3.84. The maximum atomic E-state index is 5.46. The molecule has 21 heavy (non-hydrogen) atoms. The first kappa shape index (κ1) is 14.5. The number of pyridine rings is 1. The lowest BCUT2D eigenvalue weighted by molar-refractivity contribution is 0.181. The third-order valence-electron chi connectivity index (χ3n) is 4.40. The zero-order chi connectivity index (χ0) is 14.8. The Balaban J connectivity index is 1.83. The van der Waals surface area contributed by atoms with Gasteiger partial charge in [0.2, 0.25) is 5.88 Å². The van der Waals surface area contributed by atoms with E-state index >= 15 is 0 Å². The van der Waals surface area contributed by atoms with Crippen LogP contribution in [0.15, 0.2) is 12.1 Å². The van der Waals surface area contributed by atoms with Crippen molar-refractivity contribution in [2.75, 3.05) is 26.7 Å². The molecule has 0 spiro atoms. The number of fused-ring (bicyclic) bond motifs is 1. The zero-order valence-electron chi connectivity index (χ0n) is 12.6. The van der Waals surface area contributed by atoms with Crippen LogP contribution in [0.2, 0.25) is 0 Å². The van der Waals surface area contributed by atoms with Gasteiger partial charge in [-0.1, -0.05) is 6.92 Å². The number of likely N-dealkylation sites (tertiary alicyclic amines) is 1. The average Bonchev–Trinajstić information content (AvgIpc) is 2.83. The molecule has 1 saturated heterocycles. The number of nitrogens with zero attached hydrogens (tertiary/aromatic N) is 3. The molecule has 1 fully saturated rings. The molecule has 114 valence electrons. The molecule has 0 radical (unpaired) electrons. The molecule has 1 aliphatic heterocycles. The van der Waals surface area contributed by atoms with Crippen LogP contribution in [-0.2, 0) is 6.54 Å². The topological polar surface area (TPSA) is 46.1 Å². The highest BCUT2D eigenvalue weighted by Gasteiger charge is 2.20. The summed E-state index contributed by atoms with van der Waals surface area (Å²) >= 11 is 5.46. The molecule has 2 aromatic heterocycles. The first-order chi connectivity index (χ1) is 10.2. The van der Waals surface area contributed by atoms with Crippen molar-refractivity contribution in [1.82, 2.24) is 19.4 Å². The molecule has 2 aromatic rings. The molecule has 0 aromatic carbocycles. The number of ether oxygens (including phenoxy) is 1. The second kappa shape index (κ2) is 6.15. The number of rotatable bonds is 4. The van der Waals surface area contributed by atoms with Crippen LogP contribution in [-0.4, -0.2) is 46.2 Å². The number of hydrogen-bond donors (Lipinski definition) is 1. The molecule has 0 amide bonds. The number of piperidine rings is 1. The molecule has 1 N–H and O–H groups in total. The summed E-state index contributed by atoms with van der Waals surface area (Å²) in [6.45, 7) is 6.70. The third kappa shape index (κ3) is 2.96. The van der Waals surface area contributed by atoms with Gasteiger partial charge in [-0.05, 0) is 56.7 Å². The Morgan fingerprint density at radius 2 is 2.14 bits per heavy atom. The van der Waals surface area contributed by atoms with Crippen LogP contribution >= 0.6 is 12.2 Å². The molecule has 0 aliphatic carbocycles. The van der Waals surface area contributed by atoms with Gasteiger partial charge >= 0.3 is 0 Å². The van der Waals surface area contributed by atoms with Gasteiger partial charge in [0, 0.05) is 12.6 Å². The summed E-state index contributed by atoms with van der Waals surface area (Å²) in [6.07, 6.45) is 2.46. The fraction of sp³-hybridized carbons (Fsp3) is 0.600. The van der Waals surface area contributed by atoms with Crippen LogP contribution in [0.5, 0.6) is 5.88 Å². The summed E-state index contributed by atoms with van der Waals surface area (Å²) in [4.78, 5) is 10.3. The van der Waals surface area contributed by atoms with Gasteiger partial charge in [0.15, 0.2) is 10.4 Å². The number of imidazole rings is 1. The van der Waals surface area contributed by atoms with Crippen molar-refractivity contribution in [2.45, 2.75) is 26.3 Å². The van der Waals surface area contributed by atoms with E-state index in [4.69, 9.17) is 17.0 Å². The Kier molecular flexibility index (Phi) is 4.26. The standard InChI is InChI=1S/C15H22N4OS/c1-3-18-8-6-11(7-9-18)10-19-14-12(16-15(19)21)4-5-13(17-14)20-2/h4-5,11H,3,6-10H2,1-2H3,(H,16,21). The van der Waals surface area contributed by atoms with E-state index < -0.39 is 0 Å². The number of hydrogen-bond acceptors (Lipinski definition) is 4. The molecule has 5 nitrogen and oxygen atoms in total. The SMILES string of the molecule is CCN1CCC(Cn2c(=S)[nH]c3ccc(OC)nc32)CC1.